The molecule has 8 heteroatoms. The first-order valence-electron chi connectivity index (χ1n) is 9.25. The van der Waals surface area contributed by atoms with Crippen LogP contribution in [0.25, 0.3) is 0 Å². The Bertz CT molecular complexity index is 677. The zero-order chi connectivity index (χ0) is 19.8. The monoisotopic (exact) mass is 376 g/mol. The Labute approximate surface area is 159 Å². The summed E-state index contributed by atoms with van der Waals surface area (Å²) in [6, 6.07) is 7.30. The van der Waals surface area contributed by atoms with Gasteiger partial charge < -0.3 is 25.6 Å². The maximum absolute atomic E-state index is 12.3. The molecule has 1 atom stereocenters. The summed E-state index contributed by atoms with van der Waals surface area (Å²) in [5.74, 6) is -0.172. The highest BCUT2D eigenvalue weighted by atomic mass is 16.5. The summed E-state index contributed by atoms with van der Waals surface area (Å²) < 4.78 is 5.79. The average molecular weight is 376 g/mol. The van der Waals surface area contributed by atoms with Gasteiger partial charge in [0.1, 0.15) is 5.75 Å². The molecule has 8 nitrogen and oxygen atoms in total. The number of benzene rings is 1. The van der Waals surface area contributed by atoms with E-state index in [1.54, 1.807) is 11.0 Å². The van der Waals surface area contributed by atoms with Gasteiger partial charge in [0.2, 0.25) is 11.8 Å². The summed E-state index contributed by atoms with van der Waals surface area (Å²) in [6.45, 7) is 6.48. The zero-order valence-electron chi connectivity index (χ0n) is 16.1. The number of para-hydroxylation sites is 2. The highest BCUT2D eigenvalue weighted by molar-refractivity contribution is 5.88. The van der Waals surface area contributed by atoms with Gasteiger partial charge in [-0.25, -0.2) is 0 Å². The maximum Gasteiger partial charge on any atom is 0.262 e. The minimum absolute atomic E-state index is 0.0166. The van der Waals surface area contributed by atoms with E-state index in [2.05, 4.69) is 16.0 Å². The van der Waals surface area contributed by atoms with Crippen molar-refractivity contribution in [3.05, 3.63) is 24.3 Å². The van der Waals surface area contributed by atoms with E-state index >= 15 is 0 Å². The molecule has 1 aliphatic rings. The van der Waals surface area contributed by atoms with Crippen molar-refractivity contribution in [3.8, 4) is 5.75 Å². The number of hydrogen-bond donors (Lipinski definition) is 3. The van der Waals surface area contributed by atoms with Crippen LogP contribution in [0.5, 0.6) is 5.75 Å². The summed E-state index contributed by atoms with van der Waals surface area (Å²) >= 11 is 0. The van der Waals surface area contributed by atoms with Crippen molar-refractivity contribution in [2.75, 3.05) is 31.1 Å². The fraction of sp³-hybridized carbons (Fsp3) is 0.526. The molecular weight excluding hydrogens is 348 g/mol. The van der Waals surface area contributed by atoms with Gasteiger partial charge in [-0.3, -0.25) is 14.4 Å². The third kappa shape index (κ3) is 6.16. The number of carbonyl (C=O) groups is 3. The molecular formula is C19H28N4O4. The number of amides is 3. The Morgan fingerprint density at radius 3 is 2.63 bits per heavy atom. The van der Waals surface area contributed by atoms with Gasteiger partial charge in [-0.15, -0.1) is 0 Å². The summed E-state index contributed by atoms with van der Waals surface area (Å²) in [4.78, 5) is 38.1. The molecule has 148 valence electrons. The number of anilines is 1. The van der Waals surface area contributed by atoms with Crippen molar-refractivity contribution in [3.63, 3.8) is 0 Å². The Balaban J connectivity index is 2.00. The van der Waals surface area contributed by atoms with E-state index in [1.165, 1.54) is 0 Å². The van der Waals surface area contributed by atoms with Crippen LogP contribution in [0.1, 0.15) is 27.2 Å². The van der Waals surface area contributed by atoms with Gasteiger partial charge in [0, 0.05) is 12.6 Å². The number of carbonyl (C=O) groups excluding carboxylic acids is 3. The second-order valence-corrected chi connectivity index (χ2v) is 6.74. The maximum atomic E-state index is 12.3. The zero-order valence-corrected chi connectivity index (χ0v) is 16.1. The quantitative estimate of drug-likeness (QED) is 0.611. The first-order valence-corrected chi connectivity index (χ1v) is 9.25. The topological polar surface area (TPSA) is 99.8 Å². The summed E-state index contributed by atoms with van der Waals surface area (Å²) in [7, 11) is 0. The predicted molar refractivity (Wildman–Crippen MR) is 103 cm³/mol. The Kier molecular flexibility index (Phi) is 7.45. The lowest BCUT2D eigenvalue weighted by Gasteiger charge is -2.35. The summed E-state index contributed by atoms with van der Waals surface area (Å²) in [5.41, 5.74) is 0.749. The van der Waals surface area contributed by atoms with Crippen molar-refractivity contribution in [2.24, 2.45) is 0 Å². The van der Waals surface area contributed by atoms with Gasteiger partial charge in [-0.05, 0) is 32.4 Å². The second kappa shape index (κ2) is 9.80. The normalized spacial score (nSPS) is 15.6. The lowest BCUT2D eigenvalue weighted by atomic mass is 10.1. The van der Waals surface area contributed by atoms with Crippen molar-refractivity contribution in [1.29, 1.82) is 0 Å². The Hall–Kier alpha value is -2.77. The number of rotatable bonds is 8. The fourth-order valence-corrected chi connectivity index (χ4v) is 2.74. The molecule has 0 aliphatic carbocycles. The van der Waals surface area contributed by atoms with E-state index in [0.29, 0.717) is 12.3 Å². The van der Waals surface area contributed by atoms with Crippen LogP contribution in [0.2, 0.25) is 0 Å². The largest absolute Gasteiger partial charge is 0.477 e. The van der Waals surface area contributed by atoms with Gasteiger partial charge in [-0.1, -0.05) is 19.1 Å². The van der Waals surface area contributed by atoms with Crippen molar-refractivity contribution in [1.82, 2.24) is 16.0 Å². The molecule has 0 saturated carbocycles. The molecule has 3 amide bonds. The molecule has 0 saturated heterocycles. The molecule has 27 heavy (non-hydrogen) atoms. The number of fused-ring (bicyclic) bond motifs is 1. The van der Waals surface area contributed by atoms with E-state index in [0.717, 1.165) is 12.1 Å². The van der Waals surface area contributed by atoms with Crippen molar-refractivity contribution in [2.45, 2.75) is 39.3 Å². The van der Waals surface area contributed by atoms with E-state index in [9.17, 15) is 14.4 Å². The highest BCUT2D eigenvalue weighted by Crippen LogP contribution is 2.32. The third-order valence-corrected chi connectivity index (χ3v) is 3.93. The number of hydrogen-bond acceptors (Lipinski definition) is 5. The lowest BCUT2D eigenvalue weighted by Crippen LogP contribution is -2.51. The van der Waals surface area contributed by atoms with Crippen LogP contribution >= 0.6 is 0 Å². The summed E-state index contributed by atoms with van der Waals surface area (Å²) in [5, 5.41) is 8.15. The van der Waals surface area contributed by atoms with Gasteiger partial charge >= 0.3 is 0 Å². The molecule has 1 aliphatic heterocycles. The minimum atomic E-state index is -0.691. The van der Waals surface area contributed by atoms with Gasteiger partial charge in [0.15, 0.2) is 6.10 Å². The molecule has 0 bridgehead atoms. The molecule has 0 radical (unpaired) electrons. The van der Waals surface area contributed by atoms with Crippen LogP contribution in [-0.4, -0.2) is 56.0 Å². The number of nitrogens with one attached hydrogen (secondary N) is 3. The van der Waals surface area contributed by atoms with Crippen molar-refractivity contribution < 1.29 is 19.1 Å². The molecule has 0 fully saturated rings. The first-order chi connectivity index (χ1) is 12.9. The third-order valence-electron chi connectivity index (χ3n) is 3.93. The number of ether oxygens (including phenoxy) is 1. The molecule has 2 rings (SSSR count). The first kappa shape index (κ1) is 20.5. The predicted octanol–water partition coefficient (Wildman–Crippen LogP) is 0.421. The van der Waals surface area contributed by atoms with Gasteiger partial charge in [0.25, 0.3) is 5.91 Å². The van der Waals surface area contributed by atoms with Crippen LogP contribution in [0, 0.1) is 0 Å². The standard InChI is InChI=1S/C19H28N4O4/c1-4-9-20-19(26)16-11-23(14-7-5-6-8-15(14)27-16)12-18(25)21-10-17(24)22-13(2)3/h5-8,13,16H,4,9-12H2,1-3H3,(H,20,26)(H,21,25)(H,22,24)/t16-/m0/s1. The molecule has 0 unspecified atom stereocenters. The van der Waals surface area contributed by atoms with Crippen LogP contribution in [-0.2, 0) is 14.4 Å². The fourth-order valence-electron chi connectivity index (χ4n) is 2.74. The van der Waals surface area contributed by atoms with E-state index in [1.807, 2.05) is 39.0 Å². The van der Waals surface area contributed by atoms with Crippen LogP contribution in [0.15, 0.2) is 24.3 Å². The summed E-state index contributed by atoms with van der Waals surface area (Å²) in [6.07, 6.45) is 0.142. The second-order valence-electron chi connectivity index (χ2n) is 6.74. The van der Waals surface area contributed by atoms with Crippen LogP contribution in [0.3, 0.4) is 0 Å². The molecule has 1 aromatic carbocycles. The average Bonchev–Trinajstić information content (AvgIpc) is 2.63. The highest BCUT2D eigenvalue weighted by Gasteiger charge is 2.31. The Morgan fingerprint density at radius 2 is 1.93 bits per heavy atom. The minimum Gasteiger partial charge on any atom is -0.477 e. The smallest absolute Gasteiger partial charge is 0.262 e. The SMILES string of the molecule is CCCNC(=O)[C@@H]1CN(CC(=O)NCC(=O)NC(C)C)c2ccccc2O1. The van der Waals surface area contributed by atoms with Crippen LogP contribution < -0.4 is 25.6 Å². The van der Waals surface area contributed by atoms with E-state index < -0.39 is 6.10 Å². The number of nitrogens with zero attached hydrogens (tertiary/aromatic N) is 1. The molecule has 1 heterocycles. The Morgan fingerprint density at radius 1 is 1.19 bits per heavy atom. The van der Waals surface area contributed by atoms with Crippen LogP contribution in [0.4, 0.5) is 5.69 Å². The molecule has 0 aromatic heterocycles. The molecule has 3 N–H and O–H groups in total. The molecule has 0 spiro atoms. The lowest BCUT2D eigenvalue weighted by molar-refractivity contribution is -0.128. The van der Waals surface area contributed by atoms with Gasteiger partial charge in [-0.2, -0.15) is 0 Å². The van der Waals surface area contributed by atoms with E-state index in [4.69, 9.17) is 4.74 Å². The van der Waals surface area contributed by atoms with Gasteiger partial charge in [0.05, 0.1) is 25.3 Å². The van der Waals surface area contributed by atoms with E-state index in [-0.39, 0.29) is 43.4 Å². The van der Waals surface area contributed by atoms with Crippen molar-refractivity contribution >= 4 is 23.4 Å². The molecule has 1 aromatic rings.